The molecule has 2 heterocycles. The maximum Gasteiger partial charge on any atom is 0.357 e. The first kappa shape index (κ1) is 17.7. The number of methoxy groups -OCH3 is 1. The topological polar surface area (TPSA) is 156 Å². The number of imide groups is 1. The molecule has 2 amide bonds. The normalized spacial score (nSPS) is 12.7. The number of carbonyl (C=O) groups excluding carboxylic acids is 3. The third-order valence-electron chi connectivity index (χ3n) is 4.07. The number of anilines is 1. The minimum Gasteiger partial charge on any atom is -0.480 e. The summed E-state index contributed by atoms with van der Waals surface area (Å²) in [4.78, 5) is 48.7. The van der Waals surface area contributed by atoms with E-state index in [1.165, 1.54) is 29.0 Å². The predicted molar refractivity (Wildman–Crippen MR) is 89.2 cm³/mol. The van der Waals surface area contributed by atoms with Gasteiger partial charge in [-0.2, -0.15) is 5.26 Å². The second-order valence-corrected chi connectivity index (χ2v) is 5.57. The lowest BCUT2D eigenvalue weighted by atomic mass is 10.1. The predicted octanol–water partition coefficient (Wildman–Crippen LogP) is 0.398. The molecule has 0 atom stereocenters. The number of nitrogens with zero attached hydrogens (tertiary/aromatic N) is 3. The quantitative estimate of drug-likeness (QED) is 0.580. The highest BCUT2D eigenvalue weighted by Crippen LogP contribution is 2.32. The third-order valence-corrected chi connectivity index (χ3v) is 4.07. The first-order chi connectivity index (χ1) is 12.8. The van der Waals surface area contributed by atoms with Crippen molar-refractivity contribution >= 4 is 29.4 Å². The fraction of sp³-hybridized carbons (Fsp3) is 0.118. The van der Waals surface area contributed by atoms with E-state index in [-0.39, 0.29) is 33.8 Å². The van der Waals surface area contributed by atoms with Crippen LogP contribution in [0.3, 0.4) is 0 Å². The molecular formula is C17H12N4O6. The Kier molecular flexibility index (Phi) is 4.13. The first-order valence-electron chi connectivity index (χ1n) is 7.52. The summed E-state index contributed by atoms with van der Waals surface area (Å²) in [5, 5.41) is 18.1. The molecule has 1 aromatic heterocycles. The number of carboxylic acid groups (broad SMARTS) is 1. The summed E-state index contributed by atoms with van der Waals surface area (Å²) in [7, 11) is 1.13. The van der Waals surface area contributed by atoms with Gasteiger partial charge in [0.2, 0.25) is 0 Å². The fourth-order valence-electron chi connectivity index (χ4n) is 2.90. The number of hydrogen-bond acceptors (Lipinski definition) is 7. The van der Waals surface area contributed by atoms with Crippen LogP contribution in [0.15, 0.2) is 24.4 Å². The van der Waals surface area contributed by atoms with Gasteiger partial charge in [0.25, 0.3) is 11.8 Å². The van der Waals surface area contributed by atoms with Crippen molar-refractivity contribution in [2.45, 2.75) is 0 Å². The minimum atomic E-state index is -1.35. The van der Waals surface area contributed by atoms with E-state index in [4.69, 9.17) is 10.8 Å². The van der Waals surface area contributed by atoms with Crippen LogP contribution in [0.2, 0.25) is 0 Å². The molecule has 1 aromatic carbocycles. The second kappa shape index (κ2) is 6.30. The van der Waals surface area contributed by atoms with Gasteiger partial charge in [-0.25, -0.2) is 4.79 Å². The molecule has 1 aliphatic heterocycles. The van der Waals surface area contributed by atoms with Crippen molar-refractivity contribution in [2.24, 2.45) is 0 Å². The number of ether oxygens (including phenoxy) is 1. The van der Waals surface area contributed by atoms with Crippen LogP contribution >= 0.6 is 0 Å². The van der Waals surface area contributed by atoms with Gasteiger partial charge >= 0.3 is 11.9 Å². The lowest BCUT2D eigenvalue weighted by Gasteiger charge is -2.12. The van der Waals surface area contributed by atoms with Crippen LogP contribution in [-0.2, 0) is 9.53 Å². The summed E-state index contributed by atoms with van der Waals surface area (Å²) in [6, 6.07) is 6.12. The molecule has 3 N–H and O–H groups in total. The van der Waals surface area contributed by atoms with Crippen LogP contribution in [0.5, 0.6) is 0 Å². The maximum atomic E-state index is 12.7. The molecule has 0 saturated carbocycles. The van der Waals surface area contributed by atoms with Crippen molar-refractivity contribution in [1.29, 1.82) is 5.26 Å². The van der Waals surface area contributed by atoms with Crippen LogP contribution in [-0.4, -0.2) is 52.0 Å². The number of nitrogen functional groups attached to an aromatic ring is 1. The summed E-state index contributed by atoms with van der Waals surface area (Å²) in [5.41, 5.74) is 5.51. The van der Waals surface area contributed by atoms with Crippen molar-refractivity contribution in [1.82, 2.24) is 9.47 Å². The lowest BCUT2D eigenvalue weighted by Crippen LogP contribution is -2.34. The molecule has 0 radical (unpaired) electrons. The molecule has 0 saturated heterocycles. The molecule has 0 fully saturated rings. The highest BCUT2D eigenvalue weighted by molar-refractivity contribution is 6.24. The summed E-state index contributed by atoms with van der Waals surface area (Å²) < 4.78 is 5.88. The molecule has 10 nitrogen and oxygen atoms in total. The van der Waals surface area contributed by atoms with Gasteiger partial charge in [0.15, 0.2) is 5.69 Å². The molecule has 27 heavy (non-hydrogen) atoms. The van der Waals surface area contributed by atoms with Crippen LogP contribution in [0, 0.1) is 11.3 Å². The van der Waals surface area contributed by atoms with E-state index in [9.17, 15) is 24.4 Å². The molecule has 0 spiro atoms. The molecule has 10 heteroatoms. The first-order valence-corrected chi connectivity index (χ1v) is 7.52. The number of nitriles is 1. The van der Waals surface area contributed by atoms with Crippen molar-refractivity contribution in [3.05, 3.63) is 46.8 Å². The second-order valence-electron chi connectivity index (χ2n) is 5.57. The van der Waals surface area contributed by atoms with Crippen LogP contribution in [0.25, 0.3) is 5.69 Å². The van der Waals surface area contributed by atoms with E-state index in [1.54, 1.807) is 0 Å². The summed E-state index contributed by atoms with van der Waals surface area (Å²) in [6.45, 7) is -0.799. The van der Waals surface area contributed by atoms with Gasteiger partial charge in [0.1, 0.15) is 12.6 Å². The van der Waals surface area contributed by atoms with Crippen LogP contribution in [0.4, 0.5) is 5.69 Å². The highest BCUT2D eigenvalue weighted by Gasteiger charge is 2.39. The number of fused-ring (bicyclic) bond motifs is 1. The zero-order chi connectivity index (χ0) is 19.9. The SMILES string of the molecule is COC(=O)c1c(N)c(C#N)cn1-c1cccc2c1C(=O)N(CC(=O)O)C2=O. The number of aliphatic carboxylic acids is 1. The zero-order valence-corrected chi connectivity index (χ0v) is 13.9. The number of carboxylic acids is 1. The number of amides is 2. The Morgan fingerprint density at radius 2 is 2.00 bits per heavy atom. The number of aromatic nitrogens is 1. The van der Waals surface area contributed by atoms with E-state index in [0.717, 1.165) is 7.11 Å². The van der Waals surface area contributed by atoms with Gasteiger partial charge in [-0.1, -0.05) is 6.07 Å². The van der Waals surface area contributed by atoms with E-state index < -0.39 is 30.3 Å². The molecule has 136 valence electrons. The molecule has 2 aromatic rings. The number of esters is 1. The van der Waals surface area contributed by atoms with Crippen molar-refractivity contribution in [3.63, 3.8) is 0 Å². The minimum absolute atomic E-state index is 0.0136. The lowest BCUT2D eigenvalue weighted by molar-refractivity contribution is -0.137. The van der Waals surface area contributed by atoms with Crippen molar-refractivity contribution in [2.75, 3.05) is 19.4 Å². The maximum absolute atomic E-state index is 12.7. The summed E-state index contributed by atoms with van der Waals surface area (Å²) >= 11 is 0. The molecule has 1 aliphatic rings. The number of benzene rings is 1. The number of carbonyl (C=O) groups is 4. The van der Waals surface area contributed by atoms with Gasteiger partial charge in [0, 0.05) is 6.20 Å². The Morgan fingerprint density at radius 1 is 1.30 bits per heavy atom. The van der Waals surface area contributed by atoms with E-state index in [0.29, 0.717) is 4.90 Å². The Hall–Kier alpha value is -4.13. The third kappa shape index (κ3) is 2.58. The number of hydrogen-bond donors (Lipinski definition) is 2. The van der Waals surface area contributed by atoms with Gasteiger partial charge in [-0.05, 0) is 12.1 Å². The van der Waals surface area contributed by atoms with E-state index >= 15 is 0 Å². The highest BCUT2D eigenvalue weighted by atomic mass is 16.5. The number of rotatable bonds is 4. The van der Waals surface area contributed by atoms with Gasteiger partial charge in [-0.15, -0.1) is 0 Å². The Bertz CT molecular complexity index is 1060. The van der Waals surface area contributed by atoms with Crippen molar-refractivity contribution in [3.8, 4) is 11.8 Å². The summed E-state index contributed by atoms with van der Waals surface area (Å²) in [5.74, 6) is -3.78. The van der Waals surface area contributed by atoms with Crippen LogP contribution < -0.4 is 5.73 Å². The fourth-order valence-corrected chi connectivity index (χ4v) is 2.90. The average Bonchev–Trinajstić information content (AvgIpc) is 3.10. The Morgan fingerprint density at radius 3 is 2.59 bits per heavy atom. The molecule has 0 bridgehead atoms. The van der Waals surface area contributed by atoms with E-state index in [2.05, 4.69) is 4.74 Å². The largest absolute Gasteiger partial charge is 0.480 e. The zero-order valence-electron chi connectivity index (χ0n) is 13.9. The van der Waals surface area contributed by atoms with E-state index in [1.807, 2.05) is 6.07 Å². The van der Waals surface area contributed by atoms with Crippen molar-refractivity contribution < 1.29 is 29.0 Å². The smallest absolute Gasteiger partial charge is 0.357 e. The Labute approximate surface area is 152 Å². The van der Waals surface area contributed by atoms with Gasteiger partial charge < -0.3 is 20.1 Å². The monoisotopic (exact) mass is 368 g/mol. The standard InChI is InChI=1S/C17H12N4O6/c1-27-17(26)14-13(19)8(5-18)6-20(14)10-4-2-3-9-12(10)16(25)21(15(9)24)7-11(22)23/h2-4,6H,7,19H2,1H3,(H,22,23). The Balaban J connectivity index is 2.26. The molecular weight excluding hydrogens is 356 g/mol. The molecule has 3 rings (SSSR count). The summed E-state index contributed by atoms with van der Waals surface area (Å²) in [6.07, 6.45) is 1.24. The molecule has 0 aliphatic carbocycles. The average molecular weight is 368 g/mol. The van der Waals surface area contributed by atoms with Gasteiger partial charge in [-0.3, -0.25) is 19.3 Å². The van der Waals surface area contributed by atoms with Crippen LogP contribution in [0.1, 0.15) is 36.8 Å². The number of nitrogens with two attached hydrogens (primary N) is 1. The van der Waals surface area contributed by atoms with Gasteiger partial charge in [0.05, 0.1) is 35.2 Å². The molecule has 0 unspecified atom stereocenters.